The lowest BCUT2D eigenvalue weighted by molar-refractivity contribution is 1.24. The third-order valence-corrected chi connectivity index (χ3v) is 1.51. The summed E-state index contributed by atoms with van der Waals surface area (Å²) in [6, 6.07) is 3.95. The lowest BCUT2D eigenvalue weighted by Gasteiger charge is -1.89. The van der Waals surface area contributed by atoms with Crippen LogP contribution in [0.2, 0.25) is 0 Å². The van der Waals surface area contributed by atoms with Crippen molar-refractivity contribution in [3.63, 3.8) is 0 Å². The van der Waals surface area contributed by atoms with E-state index in [2.05, 4.69) is 32.8 Å². The Morgan fingerprint density at radius 3 is 2.64 bits per heavy atom. The summed E-state index contributed by atoms with van der Waals surface area (Å²) in [6.45, 7) is 0. The summed E-state index contributed by atoms with van der Waals surface area (Å²) in [5, 5.41) is 0.748. The molecule has 1 aromatic rings. The van der Waals surface area contributed by atoms with Crippen LogP contribution in [0.1, 0.15) is 5.56 Å². The molecule has 0 N–H and O–H groups in total. The molecule has 0 saturated carbocycles. The second kappa shape index (κ2) is 4.92. The smallest absolute Gasteiger partial charge is 0.0645 e. The fraction of sp³-hybridized carbons (Fsp3) is 0.222. The molecule has 0 fully saturated rings. The molecule has 56 valence electrons. The van der Waals surface area contributed by atoms with Gasteiger partial charge in [-0.25, -0.2) is 0 Å². The highest BCUT2D eigenvalue weighted by molar-refractivity contribution is 9.09. The first-order valence-corrected chi connectivity index (χ1v) is 4.46. The molecule has 0 aliphatic carbocycles. The van der Waals surface area contributed by atoms with Crippen molar-refractivity contribution < 1.29 is 0 Å². The van der Waals surface area contributed by atoms with Crippen molar-refractivity contribution in [1.29, 1.82) is 0 Å². The van der Waals surface area contributed by atoms with Gasteiger partial charge in [0.05, 0.1) is 5.33 Å². The SMILES string of the molecule is BrCC#CCc1ccncc1. The van der Waals surface area contributed by atoms with Crippen LogP contribution in [-0.2, 0) is 6.42 Å². The van der Waals surface area contributed by atoms with Gasteiger partial charge in [-0.3, -0.25) is 4.98 Å². The van der Waals surface area contributed by atoms with E-state index in [1.54, 1.807) is 12.4 Å². The minimum atomic E-state index is 0.748. The Morgan fingerprint density at radius 1 is 1.27 bits per heavy atom. The molecule has 0 spiro atoms. The van der Waals surface area contributed by atoms with Gasteiger partial charge in [-0.2, -0.15) is 0 Å². The van der Waals surface area contributed by atoms with Crippen LogP contribution < -0.4 is 0 Å². The topological polar surface area (TPSA) is 12.9 Å². The molecule has 0 bridgehead atoms. The summed E-state index contributed by atoms with van der Waals surface area (Å²) in [4.78, 5) is 3.92. The van der Waals surface area contributed by atoms with Gasteiger partial charge in [-0.1, -0.05) is 27.8 Å². The van der Waals surface area contributed by atoms with Gasteiger partial charge in [0.2, 0.25) is 0 Å². The Bertz CT molecular complexity index is 258. The largest absolute Gasteiger partial charge is 0.265 e. The van der Waals surface area contributed by atoms with Gasteiger partial charge in [-0.15, -0.1) is 0 Å². The average Bonchev–Trinajstić information content (AvgIpc) is 2.07. The van der Waals surface area contributed by atoms with E-state index in [1.807, 2.05) is 12.1 Å². The Labute approximate surface area is 75.0 Å². The van der Waals surface area contributed by atoms with Gasteiger partial charge >= 0.3 is 0 Å². The van der Waals surface area contributed by atoms with Crippen LogP contribution in [0.15, 0.2) is 24.5 Å². The van der Waals surface area contributed by atoms with Gasteiger partial charge in [0.25, 0.3) is 0 Å². The molecule has 1 heterocycles. The van der Waals surface area contributed by atoms with Crippen LogP contribution >= 0.6 is 15.9 Å². The number of alkyl halides is 1. The van der Waals surface area contributed by atoms with Crippen LogP contribution in [0.5, 0.6) is 0 Å². The molecular weight excluding hydrogens is 202 g/mol. The normalized spacial score (nSPS) is 8.45. The van der Waals surface area contributed by atoms with E-state index < -0.39 is 0 Å². The fourth-order valence-corrected chi connectivity index (χ4v) is 0.911. The molecule has 1 rings (SSSR count). The summed E-state index contributed by atoms with van der Waals surface area (Å²) in [7, 11) is 0. The standard InChI is InChI=1S/C9H8BrN/c10-6-2-1-3-9-4-7-11-8-5-9/h4-5,7-8H,3,6H2. The van der Waals surface area contributed by atoms with Gasteiger partial charge in [-0.05, 0) is 17.7 Å². The van der Waals surface area contributed by atoms with Crippen LogP contribution in [0.25, 0.3) is 0 Å². The van der Waals surface area contributed by atoms with Gasteiger partial charge in [0.15, 0.2) is 0 Å². The van der Waals surface area contributed by atoms with E-state index in [0.29, 0.717) is 0 Å². The first kappa shape index (κ1) is 8.29. The zero-order valence-electron chi connectivity index (χ0n) is 6.05. The molecular formula is C9H8BrN. The van der Waals surface area contributed by atoms with Crippen LogP contribution in [0, 0.1) is 11.8 Å². The maximum atomic E-state index is 3.92. The second-order valence-electron chi connectivity index (χ2n) is 2.02. The number of nitrogens with zero attached hydrogens (tertiary/aromatic N) is 1. The summed E-state index contributed by atoms with van der Waals surface area (Å²) in [5.41, 5.74) is 1.22. The first-order valence-electron chi connectivity index (χ1n) is 3.34. The summed E-state index contributed by atoms with van der Waals surface area (Å²) < 4.78 is 0. The number of aromatic nitrogens is 1. The van der Waals surface area contributed by atoms with E-state index in [0.717, 1.165) is 11.8 Å². The van der Waals surface area contributed by atoms with Gasteiger partial charge in [0.1, 0.15) is 0 Å². The number of hydrogen-bond acceptors (Lipinski definition) is 1. The third-order valence-electron chi connectivity index (χ3n) is 1.23. The molecule has 1 aromatic heterocycles. The number of pyridine rings is 1. The molecule has 0 aliphatic rings. The first-order chi connectivity index (χ1) is 5.43. The lowest BCUT2D eigenvalue weighted by atomic mass is 10.2. The Hall–Kier alpha value is -0.810. The Kier molecular flexibility index (Phi) is 3.71. The van der Waals surface area contributed by atoms with Crippen molar-refractivity contribution in [3.05, 3.63) is 30.1 Å². The highest BCUT2D eigenvalue weighted by Crippen LogP contribution is 1.95. The van der Waals surface area contributed by atoms with Crippen LogP contribution in [-0.4, -0.2) is 10.3 Å². The zero-order valence-corrected chi connectivity index (χ0v) is 7.63. The number of rotatable bonds is 1. The Morgan fingerprint density at radius 2 is 2.00 bits per heavy atom. The van der Waals surface area contributed by atoms with Crippen molar-refractivity contribution in [2.75, 3.05) is 5.33 Å². The molecule has 0 atom stereocenters. The minimum absolute atomic E-state index is 0.748. The van der Waals surface area contributed by atoms with E-state index in [-0.39, 0.29) is 0 Å². The van der Waals surface area contributed by atoms with E-state index in [9.17, 15) is 0 Å². The van der Waals surface area contributed by atoms with E-state index >= 15 is 0 Å². The summed E-state index contributed by atoms with van der Waals surface area (Å²) in [6.07, 6.45) is 4.38. The molecule has 0 aliphatic heterocycles. The van der Waals surface area contributed by atoms with Gasteiger partial charge < -0.3 is 0 Å². The van der Waals surface area contributed by atoms with Crippen molar-refractivity contribution in [3.8, 4) is 11.8 Å². The Balaban J connectivity index is 2.52. The average molecular weight is 210 g/mol. The van der Waals surface area contributed by atoms with Gasteiger partial charge in [0, 0.05) is 18.8 Å². The third kappa shape index (κ3) is 3.20. The molecule has 2 heteroatoms. The van der Waals surface area contributed by atoms with E-state index in [1.165, 1.54) is 5.56 Å². The molecule has 0 aromatic carbocycles. The molecule has 0 amide bonds. The number of halogens is 1. The highest BCUT2D eigenvalue weighted by atomic mass is 79.9. The molecule has 11 heavy (non-hydrogen) atoms. The molecule has 0 radical (unpaired) electrons. The molecule has 1 nitrogen and oxygen atoms in total. The predicted octanol–water partition coefficient (Wildman–Crippen LogP) is 2.02. The van der Waals surface area contributed by atoms with Crippen LogP contribution in [0.3, 0.4) is 0 Å². The monoisotopic (exact) mass is 209 g/mol. The van der Waals surface area contributed by atoms with Crippen molar-refractivity contribution >= 4 is 15.9 Å². The highest BCUT2D eigenvalue weighted by Gasteiger charge is 1.84. The fourth-order valence-electron chi connectivity index (χ4n) is 0.712. The minimum Gasteiger partial charge on any atom is -0.265 e. The number of hydrogen-bond donors (Lipinski definition) is 0. The summed E-state index contributed by atoms with van der Waals surface area (Å²) in [5.74, 6) is 5.97. The van der Waals surface area contributed by atoms with Crippen molar-refractivity contribution in [2.45, 2.75) is 6.42 Å². The maximum absolute atomic E-state index is 3.92. The van der Waals surface area contributed by atoms with Crippen molar-refractivity contribution in [2.24, 2.45) is 0 Å². The zero-order chi connectivity index (χ0) is 7.94. The maximum Gasteiger partial charge on any atom is 0.0645 e. The lowest BCUT2D eigenvalue weighted by Crippen LogP contribution is -1.80. The van der Waals surface area contributed by atoms with Crippen LogP contribution in [0.4, 0.5) is 0 Å². The van der Waals surface area contributed by atoms with Crippen molar-refractivity contribution in [1.82, 2.24) is 4.98 Å². The quantitative estimate of drug-likeness (QED) is 0.510. The van der Waals surface area contributed by atoms with E-state index in [4.69, 9.17) is 0 Å². The second-order valence-corrected chi connectivity index (χ2v) is 2.58. The molecule has 0 unspecified atom stereocenters. The molecule has 0 saturated heterocycles. The summed E-state index contributed by atoms with van der Waals surface area (Å²) >= 11 is 3.24. The predicted molar refractivity (Wildman–Crippen MR) is 49.5 cm³/mol.